The molecule has 2 saturated heterocycles. The second-order valence-corrected chi connectivity index (χ2v) is 9.40. The lowest BCUT2D eigenvalue weighted by Crippen LogP contribution is -2.57. The van der Waals surface area contributed by atoms with Crippen LogP contribution >= 0.6 is 22.9 Å². The van der Waals surface area contributed by atoms with Crippen molar-refractivity contribution in [2.45, 2.75) is 37.6 Å². The summed E-state index contributed by atoms with van der Waals surface area (Å²) < 4.78 is 7.55. The van der Waals surface area contributed by atoms with Crippen molar-refractivity contribution in [2.24, 2.45) is 0 Å². The number of ether oxygens (including phenoxy) is 1. The molecule has 4 heterocycles. The normalized spacial score (nSPS) is 20.2. The molecule has 8 heteroatoms. The molecule has 0 aliphatic carbocycles. The molecule has 154 valence electrons. The topological polar surface area (TPSA) is 54.7 Å². The molecule has 6 nitrogen and oxygen atoms in total. The Hall–Kier alpha value is -1.67. The van der Waals surface area contributed by atoms with Crippen LogP contribution in [0.5, 0.6) is 0 Å². The Bertz CT molecular complexity index is 926. The Kier molecular flexibility index (Phi) is 5.47. The van der Waals surface area contributed by atoms with Crippen molar-refractivity contribution in [1.82, 2.24) is 19.5 Å². The number of anilines is 1. The zero-order valence-corrected chi connectivity index (χ0v) is 18.0. The molecule has 29 heavy (non-hydrogen) atoms. The second-order valence-electron chi connectivity index (χ2n) is 8.01. The summed E-state index contributed by atoms with van der Waals surface area (Å²) >= 11 is 7.59. The molecule has 5 rings (SSSR count). The van der Waals surface area contributed by atoms with Crippen LogP contribution in [0, 0.1) is 0 Å². The zero-order valence-electron chi connectivity index (χ0n) is 16.4. The van der Waals surface area contributed by atoms with Gasteiger partial charge in [-0.25, -0.2) is 9.50 Å². The molecule has 1 N–H and O–H groups in total. The van der Waals surface area contributed by atoms with Crippen LogP contribution in [0.15, 0.2) is 30.5 Å². The Labute approximate surface area is 179 Å². The van der Waals surface area contributed by atoms with Gasteiger partial charge in [-0.05, 0) is 50.9 Å². The first kappa shape index (κ1) is 19.3. The van der Waals surface area contributed by atoms with E-state index in [0.29, 0.717) is 0 Å². The van der Waals surface area contributed by atoms with Gasteiger partial charge < -0.3 is 10.1 Å². The van der Waals surface area contributed by atoms with Gasteiger partial charge in [-0.2, -0.15) is 0 Å². The van der Waals surface area contributed by atoms with E-state index in [0.717, 1.165) is 59.0 Å². The van der Waals surface area contributed by atoms with Crippen molar-refractivity contribution in [1.29, 1.82) is 0 Å². The molecule has 2 aliphatic heterocycles. The van der Waals surface area contributed by atoms with E-state index in [9.17, 15) is 0 Å². The Morgan fingerprint density at radius 1 is 1.10 bits per heavy atom. The van der Waals surface area contributed by atoms with Gasteiger partial charge in [0, 0.05) is 35.9 Å². The number of hydrogen-bond acceptors (Lipinski definition) is 6. The van der Waals surface area contributed by atoms with E-state index in [1.165, 1.54) is 32.4 Å². The van der Waals surface area contributed by atoms with Crippen LogP contribution in [0.4, 0.5) is 5.13 Å². The Morgan fingerprint density at radius 2 is 1.86 bits per heavy atom. The average molecular weight is 432 g/mol. The second kappa shape index (κ2) is 8.22. The maximum atomic E-state index is 5.99. The summed E-state index contributed by atoms with van der Waals surface area (Å²) in [5.41, 5.74) is 2.15. The molecular weight excluding hydrogens is 406 g/mol. The van der Waals surface area contributed by atoms with E-state index in [2.05, 4.69) is 10.2 Å². The van der Waals surface area contributed by atoms with Gasteiger partial charge in [0.2, 0.25) is 10.1 Å². The summed E-state index contributed by atoms with van der Waals surface area (Å²) in [7, 11) is 0. The maximum Gasteiger partial charge on any atom is 0.214 e. The smallest absolute Gasteiger partial charge is 0.214 e. The lowest BCUT2D eigenvalue weighted by molar-refractivity contribution is -0.0293. The van der Waals surface area contributed by atoms with Gasteiger partial charge in [0.25, 0.3) is 0 Å². The van der Waals surface area contributed by atoms with Gasteiger partial charge in [-0.3, -0.25) is 4.90 Å². The molecule has 3 aromatic rings. The summed E-state index contributed by atoms with van der Waals surface area (Å²) in [5, 5.41) is 10.0. The van der Waals surface area contributed by atoms with Crippen LogP contribution in [0.25, 0.3) is 16.2 Å². The number of nitrogens with zero attached hydrogens (tertiary/aromatic N) is 4. The SMILES string of the molecule is Clc1ccc(-c2cn3nc(NCC4(N5CCCCC5)CCOCC4)sc3n2)cc1. The number of benzene rings is 1. The minimum Gasteiger partial charge on any atom is -0.381 e. The number of likely N-dealkylation sites (tertiary alicyclic amines) is 1. The largest absolute Gasteiger partial charge is 0.381 e. The molecule has 1 aromatic carbocycles. The minimum atomic E-state index is 0.181. The number of piperidine rings is 1. The fraction of sp³-hybridized carbons (Fsp3) is 0.524. The zero-order chi connectivity index (χ0) is 19.7. The van der Waals surface area contributed by atoms with E-state index in [1.807, 2.05) is 35.0 Å². The van der Waals surface area contributed by atoms with Crippen LogP contribution in [0.1, 0.15) is 32.1 Å². The lowest BCUT2D eigenvalue weighted by atomic mass is 9.86. The van der Waals surface area contributed by atoms with Crippen LogP contribution in [-0.2, 0) is 4.74 Å². The molecule has 0 amide bonds. The van der Waals surface area contributed by atoms with Crippen LogP contribution in [0.2, 0.25) is 5.02 Å². The van der Waals surface area contributed by atoms with Gasteiger partial charge in [-0.1, -0.05) is 41.5 Å². The number of hydrogen-bond donors (Lipinski definition) is 1. The van der Waals surface area contributed by atoms with Crippen molar-refractivity contribution >= 4 is 33.0 Å². The van der Waals surface area contributed by atoms with Gasteiger partial charge in [0.15, 0.2) is 0 Å². The van der Waals surface area contributed by atoms with Crippen molar-refractivity contribution in [2.75, 3.05) is 38.2 Å². The molecule has 2 aliphatic rings. The molecule has 0 spiro atoms. The fourth-order valence-electron chi connectivity index (χ4n) is 4.50. The van der Waals surface area contributed by atoms with Crippen LogP contribution in [-0.4, -0.2) is 57.9 Å². The fourth-order valence-corrected chi connectivity index (χ4v) is 5.40. The number of fused-ring (bicyclic) bond motifs is 1. The highest BCUT2D eigenvalue weighted by molar-refractivity contribution is 7.20. The molecular formula is C21H26ClN5OS. The standard InChI is InChI=1S/C21H26ClN5OS/c22-17-6-4-16(5-7-17)18-14-27-20(24-18)29-19(25-27)23-15-21(8-12-28-13-9-21)26-10-2-1-3-11-26/h4-7,14H,1-3,8-13,15H2,(H,23,25). The molecule has 0 unspecified atom stereocenters. The summed E-state index contributed by atoms with van der Waals surface area (Å²) in [5.74, 6) is 0. The molecule has 0 radical (unpaired) electrons. The predicted molar refractivity (Wildman–Crippen MR) is 118 cm³/mol. The third-order valence-electron chi connectivity index (χ3n) is 6.20. The maximum absolute atomic E-state index is 5.99. The van der Waals surface area contributed by atoms with E-state index < -0.39 is 0 Å². The summed E-state index contributed by atoms with van der Waals surface area (Å²) in [6.07, 6.45) is 8.13. The first-order valence-corrected chi connectivity index (χ1v) is 11.6. The van der Waals surface area contributed by atoms with Crippen molar-refractivity contribution in [3.63, 3.8) is 0 Å². The number of imidazole rings is 1. The van der Waals surface area contributed by atoms with Crippen molar-refractivity contribution < 1.29 is 4.74 Å². The van der Waals surface area contributed by atoms with E-state index in [-0.39, 0.29) is 5.54 Å². The third-order valence-corrected chi connectivity index (χ3v) is 7.33. The van der Waals surface area contributed by atoms with Crippen LogP contribution in [0.3, 0.4) is 0 Å². The van der Waals surface area contributed by atoms with Gasteiger partial charge in [0.05, 0.1) is 11.9 Å². The summed E-state index contributed by atoms with van der Waals surface area (Å²) in [4.78, 5) is 8.34. The minimum absolute atomic E-state index is 0.181. The molecule has 0 saturated carbocycles. The third kappa shape index (κ3) is 4.01. The predicted octanol–water partition coefficient (Wildman–Crippen LogP) is 4.56. The van der Waals surface area contributed by atoms with Gasteiger partial charge >= 0.3 is 0 Å². The highest BCUT2D eigenvalue weighted by Crippen LogP contribution is 2.32. The number of aromatic nitrogens is 3. The van der Waals surface area contributed by atoms with E-state index in [4.69, 9.17) is 26.4 Å². The Balaban J connectivity index is 1.31. The Morgan fingerprint density at radius 3 is 2.59 bits per heavy atom. The molecule has 0 atom stereocenters. The van der Waals surface area contributed by atoms with Crippen molar-refractivity contribution in [3.05, 3.63) is 35.5 Å². The molecule has 2 aromatic heterocycles. The molecule has 2 fully saturated rings. The highest BCUT2D eigenvalue weighted by atomic mass is 35.5. The molecule has 0 bridgehead atoms. The highest BCUT2D eigenvalue weighted by Gasteiger charge is 2.39. The van der Waals surface area contributed by atoms with Gasteiger partial charge in [0.1, 0.15) is 0 Å². The van der Waals surface area contributed by atoms with Crippen molar-refractivity contribution in [3.8, 4) is 11.3 Å². The number of nitrogens with one attached hydrogen (secondary N) is 1. The monoisotopic (exact) mass is 431 g/mol. The quantitative estimate of drug-likeness (QED) is 0.641. The first-order valence-electron chi connectivity index (χ1n) is 10.4. The summed E-state index contributed by atoms with van der Waals surface area (Å²) in [6, 6.07) is 7.75. The van der Waals surface area contributed by atoms with E-state index in [1.54, 1.807) is 11.3 Å². The van der Waals surface area contributed by atoms with Crippen LogP contribution < -0.4 is 5.32 Å². The first-order chi connectivity index (χ1) is 14.2. The van der Waals surface area contributed by atoms with E-state index >= 15 is 0 Å². The summed E-state index contributed by atoms with van der Waals surface area (Å²) in [6.45, 7) is 5.02. The average Bonchev–Trinajstić information content (AvgIpc) is 3.33. The van der Waals surface area contributed by atoms with Gasteiger partial charge in [-0.15, -0.1) is 5.10 Å². The number of rotatable bonds is 5. The number of halogens is 1. The lowest BCUT2D eigenvalue weighted by Gasteiger charge is -2.48.